The summed E-state index contributed by atoms with van der Waals surface area (Å²) in [6.45, 7) is 1.99. The van der Waals surface area contributed by atoms with Gasteiger partial charge in [0.15, 0.2) is 0 Å². The number of nitrogens with zero attached hydrogens (tertiary/aromatic N) is 1. The second-order valence-electron chi connectivity index (χ2n) is 6.25. The molecule has 0 radical (unpaired) electrons. The number of imide groups is 1. The first-order chi connectivity index (χ1) is 14.4. The Bertz CT molecular complexity index is 1020. The van der Waals surface area contributed by atoms with Gasteiger partial charge in [-0.3, -0.25) is 9.59 Å². The largest absolute Gasteiger partial charge is 0.495 e. The van der Waals surface area contributed by atoms with Crippen LogP contribution >= 0.6 is 15.9 Å². The molecule has 0 aromatic heterocycles. The topological polar surface area (TPSA) is 97.0 Å². The molecule has 1 saturated heterocycles. The summed E-state index contributed by atoms with van der Waals surface area (Å²) >= 11 is 3.41. The standard InChI is InChI=1S/C21H20BrN3O5/c1-3-30-17-9-8-13(10-14(17)22)11-16-20(27)25(21(28)24-16)12-19(26)23-15-6-4-5-7-18(15)29-2/h4-11H,3,12H2,1-2H3,(H,23,26)(H,24,28)/b16-11+. The third-order valence-corrected chi connectivity index (χ3v) is 4.83. The molecule has 2 aromatic rings. The molecule has 9 heteroatoms. The fraction of sp³-hybridized carbons (Fsp3) is 0.190. The highest BCUT2D eigenvalue weighted by Crippen LogP contribution is 2.27. The fourth-order valence-corrected chi connectivity index (χ4v) is 3.35. The first kappa shape index (κ1) is 21.4. The quantitative estimate of drug-likeness (QED) is 0.474. The predicted molar refractivity (Wildman–Crippen MR) is 115 cm³/mol. The van der Waals surface area contributed by atoms with Crippen molar-refractivity contribution in [3.05, 3.63) is 58.2 Å². The minimum absolute atomic E-state index is 0.0844. The van der Waals surface area contributed by atoms with Gasteiger partial charge in [-0.2, -0.15) is 0 Å². The number of amides is 4. The van der Waals surface area contributed by atoms with Gasteiger partial charge >= 0.3 is 6.03 Å². The van der Waals surface area contributed by atoms with Crippen LogP contribution in [0.3, 0.4) is 0 Å². The Morgan fingerprint density at radius 2 is 1.97 bits per heavy atom. The van der Waals surface area contributed by atoms with Crippen LogP contribution in [0.2, 0.25) is 0 Å². The molecule has 156 valence electrons. The average Bonchev–Trinajstić information content (AvgIpc) is 2.98. The van der Waals surface area contributed by atoms with Gasteiger partial charge in [-0.05, 0) is 58.8 Å². The van der Waals surface area contributed by atoms with Gasteiger partial charge in [-0.1, -0.05) is 18.2 Å². The molecule has 0 spiro atoms. The summed E-state index contributed by atoms with van der Waals surface area (Å²) in [5.41, 5.74) is 1.22. The fourth-order valence-electron chi connectivity index (χ4n) is 2.84. The third-order valence-electron chi connectivity index (χ3n) is 4.21. The number of hydrogen-bond donors (Lipinski definition) is 2. The van der Waals surface area contributed by atoms with Gasteiger partial charge in [0.05, 0.1) is 23.9 Å². The zero-order valence-corrected chi connectivity index (χ0v) is 18.0. The molecule has 0 saturated carbocycles. The number of halogens is 1. The van der Waals surface area contributed by atoms with Gasteiger partial charge in [0.25, 0.3) is 5.91 Å². The number of carbonyl (C=O) groups is 3. The lowest BCUT2D eigenvalue weighted by Gasteiger charge is -2.13. The van der Waals surface area contributed by atoms with Gasteiger partial charge in [0.1, 0.15) is 23.7 Å². The van der Waals surface area contributed by atoms with Gasteiger partial charge < -0.3 is 20.1 Å². The lowest BCUT2D eigenvalue weighted by molar-refractivity contribution is -0.127. The monoisotopic (exact) mass is 473 g/mol. The molecule has 2 aromatic carbocycles. The predicted octanol–water partition coefficient (Wildman–Crippen LogP) is 3.39. The Morgan fingerprint density at radius 3 is 2.67 bits per heavy atom. The average molecular weight is 474 g/mol. The minimum Gasteiger partial charge on any atom is -0.495 e. The van der Waals surface area contributed by atoms with E-state index in [1.165, 1.54) is 7.11 Å². The number of anilines is 1. The molecule has 0 bridgehead atoms. The summed E-state index contributed by atoms with van der Waals surface area (Å²) in [6, 6.07) is 11.5. The van der Waals surface area contributed by atoms with E-state index in [0.717, 1.165) is 9.37 Å². The third kappa shape index (κ3) is 4.80. The van der Waals surface area contributed by atoms with Gasteiger partial charge in [-0.25, -0.2) is 9.69 Å². The second-order valence-corrected chi connectivity index (χ2v) is 7.11. The van der Waals surface area contributed by atoms with Crippen molar-refractivity contribution in [3.8, 4) is 11.5 Å². The molecule has 0 aliphatic carbocycles. The number of hydrogen-bond acceptors (Lipinski definition) is 5. The molecule has 4 amide bonds. The van der Waals surface area contributed by atoms with Crippen molar-refractivity contribution in [1.29, 1.82) is 0 Å². The molecule has 8 nitrogen and oxygen atoms in total. The molecule has 1 fully saturated rings. The molecule has 3 rings (SSSR count). The van der Waals surface area contributed by atoms with E-state index in [9.17, 15) is 14.4 Å². The van der Waals surface area contributed by atoms with Crippen LogP contribution in [0.5, 0.6) is 11.5 Å². The van der Waals surface area contributed by atoms with E-state index >= 15 is 0 Å². The highest BCUT2D eigenvalue weighted by atomic mass is 79.9. The smallest absolute Gasteiger partial charge is 0.329 e. The summed E-state index contributed by atoms with van der Waals surface area (Å²) in [6.07, 6.45) is 1.54. The Balaban J connectivity index is 1.70. The van der Waals surface area contributed by atoms with Crippen LogP contribution in [0.15, 0.2) is 52.6 Å². The number of carbonyl (C=O) groups excluding carboxylic acids is 3. The summed E-state index contributed by atoms with van der Waals surface area (Å²) in [5, 5.41) is 5.14. The van der Waals surface area contributed by atoms with Crippen molar-refractivity contribution in [2.45, 2.75) is 6.92 Å². The number of methoxy groups -OCH3 is 1. The van der Waals surface area contributed by atoms with Crippen LogP contribution in [0.4, 0.5) is 10.5 Å². The summed E-state index contributed by atoms with van der Waals surface area (Å²) in [5.74, 6) is 0.0500. The van der Waals surface area contributed by atoms with Crippen LogP contribution in [0, 0.1) is 0 Å². The molecular weight excluding hydrogens is 454 g/mol. The van der Waals surface area contributed by atoms with Crippen molar-refractivity contribution in [2.75, 3.05) is 25.6 Å². The summed E-state index contributed by atoms with van der Waals surface area (Å²) in [4.78, 5) is 38.0. The van der Waals surface area contributed by atoms with Crippen LogP contribution in [0.25, 0.3) is 6.08 Å². The van der Waals surface area contributed by atoms with Crippen LogP contribution in [-0.2, 0) is 9.59 Å². The zero-order chi connectivity index (χ0) is 21.7. The number of urea groups is 1. The van der Waals surface area contributed by atoms with Crippen LogP contribution in [0.1, 0.15) is 12.5 Å². The normalized spacial score (nSPS) is 14.6. The Kier molecular flexibility index (Phi) is 6.73. The second kappa shape index (κ2) is 9.45. The molecule has 30 heavy (non-hydrogen) atoms. The molecule has 0 unspecified atom stereocenters. The molecule has 1 heterocycles. The first-order valence-corrected chi connectivity index (χ1v) is 9.92. The van der Waals surface area contributed by atoms with E-state index < -0.39 is 24.4 Å². The van der Waals surface area contributed by atoms with E-state index in [-0.39, 0.29) is 5.70 Å². The van der Waals surface area contributed by atoms with E-state index in [2.05, 4.69) is 26.6 Å². The lowest BCUT2D eigenvalue weighted by atomic mass is 10.2. The van der Waals surface area contributed by atoms with E-state index in [1.807, 2.05) is 6.92 Å². The number of ether oxygens (including phenoxy) is 2. The van der Waals surface area contributed by atoms with Crippen molar-refractivity contribution in [1.82, 2.24) is 10.2 Å². The number of benzene rings is 2. The van der Waals surface area contributed by atoms with E-state index in [1.54, 1.807) is 48.5 Å². The molecular formula is C21H20BrN3O5. The Morgan fingerprint density at radius 1 is 1.20 bits per heavy atom. The number of para-hydroxylation sites is 2. The van der Waals surface area contributed by atoms with Crippen molar-refractivity contribution >= 4 is 45.5 Å². The molecule has 2 N–H and O–H groups in total. The molecule has 0 atom stereocenters. The summed E-state index contributed by atoms with van der Waals surface area (Å²) in [7, 11) is 1.48. The van der Waals surface area contributed by atoms with E-state index in [0.29, 0.717) is 29.4 Å². The maximum absolute atomic E-state index is 12.6. The van der Waals surface area contributed by atoms with Crippen LogP contribution in [-0.4, -0.2) is 43.0 Å². The Hall–Kier alpha value is -3.33. The maximum atomic E-state index is 12.6. The van der Waals surface area contributed by atoms with Gasteiger partial charge in [0.2, 0.25) is 5.91 Å². The summed E-state index contributed by atoms with van der Waals surface area (Å²) < 4.78 is 11.4. The van der Waals surface area contributed by atoms with E-state index in [4.69, 9.17) is 9.47 Å². The number of rotatable bonds is 7. The van der Waals surface area contributed by atoms with Gasteiger partial charge in [0, 0.05) is 0 Å². The van der Waals surface area contributed by atoms with Gasteiger partial charge in [-0.15, -0.1) is 0 Å². The maximum Gasteiger partial charge on any atom is 0.329 e. The van der Waals surface area contributed by atoms with Crippen LogP contribution < -0.4 is 20.1 Å². The number of nitrogens with one attached hydrogen (secondary N) is 2. The first-order valence-electron chi connectivity index (χ1n) is 9.12. The Labute approximate surface area is 182 Å². The molecule has 1 aliphatic rings. The van der Waals surface area contributed by atoms with Crippen molar-refractivity contribution in [3.63, 3.8) is 0 Å². The lowest BCUT2D eigenvalue weighted by Crippen LogP contribution is -2.38. The highest BCUT2D eigenvalue weighted by Gasteiger charge is 2.35. The minimum atomic E-state index is -0.661. The molecule has 1 aliphatic heterocycles. The SMILES string of the molecule is CCOc1ccc(/C=C2/NC(=O)N(CC(=O)Nc3ccccc3OC)C2=O)cc1Br. The highest BCUT2D eigenvalue weighted by molar-refractivity contribution is 9.10. The zero-order valence-electron chi connectivity index (χ0n) is 16.4. The van der Waals surface area contributed by atoms with Crippen molar-refractivity contribution < 1.29 is 23.9 Å². The van der Waals surface area contributed by atoms with Crippen molar-refractivity contribution in [2.24, 2.45) is 0 Å².